The van der Waals surface area contributed by atoms with Gasteiger partial charge in [0, 0.05) is 0 Å². The summed E-state index contributed by atoms with van der Waals surface area (Å²) in [5, 5.41) is 0. The van der Waals surface area contributed by atoms with Crippen molar-refractivity contribution in [1.82, 2.24) is 0 Å². The van der Waals surface area contributed by atoms with E-state index in [9.17, 15) is 0 Å². The van der Waals surface area contributed by atoms with Gasteiger partial charge in [-0.1, -0.05) is 40.5 Å². The van der Waals surface area contributed by atoms with Crippen LogP contribution in [-0.2, 0) is 0 Å². The van der Waals surface area contributed by atoms with Gasteiger partial charge in [-0.3, -0.25) is 0 Å². The molecule has 0 radical (unpaired) electrons. The van der Waals surface area contributed by atoms with Crippen LogP contribution in [0.1, 0.15) is 53.4 Å². The normalized spacial score (nSPS) is 15.2. The van der Waals surface area contributed by atoms with Crippen molar-refractivity contribution in [2.45, 2.75) is 53.4 Å². The Kier molecular flexibility index (Phi) is 12.0. The molecule has 2 unspecified atom stereocenters. The Bertz CT molecular complexity index is 112. The molecule has 0 N–H and O–H groups in total. The Balaban J connectivity index is 3.77. The average molecular weight is 248 g/mol. The molecule has 2 atom stereocenters. The first-order valence-corrected chi connectivity index (χ1v) is 10.5. The van der Waals surface area contributed by atoms with Gasteiger partial charge in [-0.2, -0.15) is 0 Å². The molecule has 0 rings (SSSR count). The molecule has 0 amide bonds. The summed E-state index contributed by atoms with van der Waals surface area (Å²) in [6, 6.07) is 0. The number of unbranched alkanes of at least 4 members (excludes halogenated alkanes) is 2. The quantitative estimate of drug-likeness (QED) is 0.445. The van der Waals surface area contributed by atoms with Crippen molar-refractivity contribution in [3.63, 3.8) is 0 Å². The van der Waals surface area contributed by atoms with E-state index in [-0.39, 0.29) is 0 Å². The first kappa shape index (κ1) is 15.9. The predicted octanol–water partition coefficient (Wildman–Crippen LogP) is 5.55. The minimum Gasteiger partial charge on any atom is -0.103 e. The third-order valence-electron chi connectivity index (χ3n) is 2.95. The summed E-state index contributed by atoms with van der Waals surface area (Å²) in [5.74, 6) is 1.62. The zero-order valence-electron chi connectivity index (χ0n) is 11.3. The molecule has 0 heterocycles. The molecule has 0 aromatic heterocycles. The fraction of sp³-hybridized carbons (Fsp3) is 1.00. The Labute approximate surface area is 100 Å². The lowest BCUT2D eigenvalue weighted by Crippen LogP contribution is -1.96. The van der Waals surface area contributed by atoms with E-state index >= 15 is 0 Å². The molecule has 0 aromatic rings. The lowest BCUT2D eigenvalue weighted by molar-refractivity contribution is 0.887. The Morgan fingerprint density at radius 2 is 1.07 bits per heavy atom. The van der Waals surface area contributed by atoms with Crippen molar-refractivity contribution in [1.29, 1.82) is 0 Å². The van der Waals surface area contributed by atoms with E-state index < -0.39 is 0 Å². The molecule has 0 bridgehead atoms. The van der Waals surface area contributed by atoms with Gasteiger partial charge in [-0.25, -0.2) is 0 Å². The van der Waals surface area contributed by atoms with Crippen LogP contribution in [0.25, 0.3) is 0 Å². The topological polar surface area (TPSA) is 0 Å². The molecular weight excluding hydrogens is 218 g/mol. The summed E-state index contributed by atoms with van der Waals surface area (Å²) in [6.45, 7) is 9.46. The van der Waals surface area contributed by atoms with Crippen LogP contribution < -0.4 is 0 Å². The summed E-state index contributed by atoms with van der Waals surface area (Å²) in [5.41, 5.74) is 0. The molecule has 92 valence electrons. The summed E-state index contributed by atoms with van der Waals surface area (Å²) in [7, 11) is 0.805. The maximum Gasteiger partial charge on any atom is -0.0121 e. The second-order valence-corrected chi connectivity index (χ2v) is 10.2. The lowest BCUT2D eigenvalue weighted by Gasteiger charge is -2.22. The van der Waals surface area contributed by atoms with Crippen molar-refractivity contribution in [3.05, 3.63) is 0 Å². The summed E-state index contributed by atoms with van der Waals surface area (Å²) < 4.78 is 0. The van der Waals surface area contributed by atoms with E-state index in [1.165, 1.54) is 38.0 Å². The van der Waals surface area contributed by atoms with Gasteiger partial charge in [0.05, 0.1) is 0 Å². The average Bonchev–Trinajstić information content (AvgIpc) is 2.28. The van der Waals surface area contributed by atoms with Gasteiger partial charge >= 0.3 is 0 Å². The van der Waals surface area contributed by atoms with Crippen LogP contribution in [0, 0.1) is 0 Å². The summed E-state index contributed by atoms with van der Waals surface area (Å²) in [4.78, 5) is 0. The third kappa shape index (κ3) is 8.65. The van der Waals surface area contributed by atoms with Crippen molar-refractivity contribution < 1.29 is 0 Å². The van der Waals surface area contributed by atoms with Gasteiger partial charge in [0.25, 0.3) is 0 Å². The highest BCUT2D eigenvalue weighted by atomic mass is 31.2. The van der Waals surface area contributed by atoms with Crippen molar-refractivity contribution in [3.8, 4) is 0 Å². The van der Waals surface area contributed by atoms with Crippen molar-refractivity contribution in [2.75, 3.05) is 30.6 Å². The summed E-state index contributed by atoms with van der Waals surface area (Å²) in [6.07, 6.45) is 11.8. The predicted molar refractivity (Wildman–Crippen MR) is 79.3 cm³/mol. The van der Waals surface area contributed by atoms with Gasteiger partial charge in [0.15, 0.2) is 0 Å². The van der Waals surface area contributed by atoms with E-state index in [2.05, 4.69) is 27.7 Å². The molecule has 0 saturated heterocycles. The Hall–Kier alpha value is 0.860. The SMILES string of the molecule is CCCCP(CC)CP(CC)CCCC. The fourth-order valence-electron chi connectivity index (χ4n) is 1.70. The van der Waals surface area contributed by atoms with Gasteiger partial charge in [-0.15, -0.1) is 15.8 Å². The molecule has 0 aliphatic carbocycles. The van der Waals surface area contributed by atoms with Gasteiger partial charge < -0.3 is 0 Å². The first-order valence-electron chi connectivity index (χ1n) is 6.73. The Morgan fingerprint density at radius 3 is 1.33 bits per heavy atom. The van der Waals surface area contributed by atoms with Gasteiger partial charge in [-0.05, 0) is 43.4 Å². The van der Waals surface area contributed by atoms with Crippen LogP contribution in [-0.4, -0.2) is 30.6 Å². The number of rotatable bonds is 10. The third-order valence-corrected chi connectivity index (χ3v) is 9.84. The molecule has 2 heteroatoms. The van der Waals surface area contributed by atoms with E-state index in [0.29, 0.717) is 15.8 Å². The molecular formula is C13H30P2. The Morgan fingerprint density at radius 1 is 0.667 bits per heavy atom. The monoisotopic (exact) mass is 248 g/mol. The second kappa shape index (κ2) is 11.3. The van der Waals surface area contributed by atoms with Crippen LogP contribution in [0.2, 0.25) is 0 Å². The highest BCUT2D eigenvalue weighted by molar-refractivity contribution is 7.74. The van der Waals surface area contributed by atoms with Crippen LogP contribution in [0.5, 0.6) is 0 Å². The van der Waals surface area contributed by atoms with Crippen molar-refractivity contribution >= 4 is 15.8 Å². The van der Waals surface area contributed by atoms with Crippen molar-refractivity contribution in [2.24, 2.45) is 0 Å². The molecule has 0 aliphatic rings. The number of hydrogen-bond acceptors (Lipinski definition) is 0. The van der Waals surface area contributed by atoms with E-state index in [1.54, 1.807) is 18.2 Å². The zero-order chi connectivity index (χ0) is 11.5. The molecule has 0 aliphatic heterocycles. The highest BCUT2D eigenvalue weighted by Crippen LogP contribution is 2.51. The van der Waals surface area contributed by atoms with Gasteiger partial charge in [0.2, 0.25) is 0 Å². The lowest BCUT2D eigenvalue weighted by atomic mass is 10.4. The highest BCUT2D eigenvalue weighted by Gasteiger charge is 2.11. The number of hydrogen-bond donors (Lipinski definition) is 0. The maximum absolute atomic E-state index is 2.41. The van der Waals surface area contributed by atoms with Crippen LogP contribution in [0.15, 0.2) is 0 Å². The second-order valence-electron chi connectivity index (χ2n) is 4.27. The van der Waals surface area contributed by atoms with E-state index in [0.717, 1.165) is 0 Å². The summed E-state index contributed by atoms with van der Waals surface area (Å²) >= 11 is 0. The van der Waals surface area contributed by atoms with E-state index in [4.69, 9.17) is 0 Å². The van der Waals surface area contributed by atoms with Crippen LogP contribution >= 0.6 is 15.8 Å². The van der Waals surface area contributed by atoms with Crippen LogP contribution in [0.3, 0.4) is 0 Å². The van der Waals surface area contributed by atoms with Crippen LogP contribution in [0.4, 0.5) is 0 Å². The maximum atomic E-state index is 2.41. The molecule has 15 heavy (non-hydrogen) atoms. The minimum absolute atomic E-state index is 0.403. The molecule has 0 fully saturated rings. The molecule has 0 saturated carbocycles. The standard InChI is InChI=1S/C13H30P2/c1-5-9-11-14(7-3)13-15(8-4)12-10-6-2/h5-13H2,1-4H3. The smallest absolute Gasteiger partial charge is 0.0121 e. The minimum atomic E-state index is 0.403. The molecule has 0 spiro atoms. The molecule has 0 nitrogen and oxygen atoms in total. The molecule has 0 aromatic carbocycles. The zero-order valence-corrected chi connectivity index (χ0v) is 13.0. The first-order chi connectivity index (χ1) is 7.28. The fourth-order valence-corrected chi connectivity index (χ4v) is 8.86. The largest absolute Gasteiger partial charge is 0.103 e. The van der Waals surface area contributed by atoms with E-state index in [1.807, 2.05) is 0 Å². The van der Waals surface area contributed by atoms with Gasteiger partial charge in [0.1, 0.15) is 0 Å².